The highest BCUT2D eigenvalue weighted by Crippen LogP contribution is 2.25. The fourth-order valence-corrected chi connectivity index (χ4v) is 4.01. The Morgan fingerprint density at radius 3 is 2.92 bits per heavy atom. The van der Waals surface area contributed by atoms with E-state index < -0.39 is 0 Å². The van der Waals surface area contributed by atoms with Gasteiger partial charge in [-0.05, 0) is 24.4 Å². The maximum atomic E-state index is 12.6. The lowest BCUT2D eigenvalue weighted by Gasteiger charge is -2.38. The third kappa shape index (κ3) is 3.20. The molecule has 2 fully saturated rings. The maximum absolute atomic E-state index is 12.6. The second-order valence-corrected chi connectivity index (χ2v) is 7.53. The summed E-state index contributed by atoms with van der Waals surface area (Å²) in [5.74, 6) is 0.184. The topological polar surface area (TPSA) is 97.1 Å². The fourth-order valence-electron chi connectivity index (χ4n) is 3.33. The van der Waals surface area contributed by atoms with Gasteiger partial charge >= 0.3 is 0 Å². The molecule has 0 aliphatic carbocycles. The van der Waals surface area contributed by atoms with Gasteiger partial charge in [-0.15, -0.1) is 10.2 Å². The van der Waals surface area contributed by atoms with Crippen LogP contribution >= 0.6 is 11.5 Å². The van der Waals surface area contributed by atoms with Crippen molar-refractivity contribution in [2.75, 3.05) is 19.6 Å². The van der Waals surface area contributed by atoms with Crippen LogP contribution in [0.4, 0.5) is 0 Å². The molecule has 138 valence electrons. The fraction of sp³-hybridized carbons (Fsp3) is 0.625. The van der Waals surface area contributed by atoms with E-state index in [-0.39, 0.29) is 17.9 Å². The van der Waals surface area contributed by atoms with Gasteiger partial charge in [0.25, 0.3) is 5.91 Å². The molecule has 4 heterocycles. The summed E-state index contributed by atoms with van der Waals surface area (Å²) in [6.07, 6.45) is 5.14. The van der Waals surface area contributed by atoms with Crippen LogP contribution in [0.5, 0.6) is 0 Å². The summed E-state index contributed by atoms with van der Waals surface area (Å²) >= 11 is 1.17. The monoisotopic (exact) mass is 375 g/mol. The molecule has 0 spiro atoms. The minimum absolute atomic E-state index is 0.00250. The molecule has 2 aliphatic rings. The van der Waals surface area contributed by atoms with Crippen molar-refractivity contribution in [3.05, 3.63) is 22.5 Å². The Labute approximate surface area is 155 Å². The number of aryl methyl sites for hydroxylation is 1. The van der Waals surface area contributed by atoms with Crippen LogP contribution in [0.2, 0.25) is 0 Å². The standard InChI is InChI=1S/C16H21N7O2S/c1-2-4-13-15(26-20-18-13)16(25)22-9-12(10-22)23-8-11(17-19-23)7-21-6-3-5-14(21)24/h8,12H,2-7,9-10H2,1H3. The summed E-state index contributed by atoms with van der Waals surface area (Å²) < 4.78 is 5.73. The van der Waals surface area contributed by atoms with Gasteiger partial charge in [-0.1, -0.05) is 23.0 Å². The summed E-state index contributed by atoms with van der Waals surface area (Å²) in [5, 5.41) is 12.4. The van der Waals surface area contributed by atoms with Crippen molar-refractivity contribution in [1.82, 2.24) is 34.4 Å². The second-order valence-electron chi connectivity index (χ2n) is 6.77. The zero-order valence-corrected chi connectivity index (χ0v) is 15.5. The van der Waals surface area contributed by atoms with Crippen LogP contribution < -0.4 is 0 Å². The minimum atomic E-state index is 0.00250. The molecule has 0 bridgehead atoms. The summed E-state index contributed by atoms with van der Waals surface area (Å²) in [6, 6.07) is 0.130. The van der Waals surface area contributed by atoms with Crippen molar-refractivity contribution in [2.24, 2.45) is 0 Å². The number of hydrogen-bond donors (Lipinski definition) is 0. The number of aromatic nitrogens is 5. The van der Waals surface area contributed by atoms with Crippen LogP contribution in [0.1, 0.15) is 53.3 Å². The molecule has 2 aromatic rings. The zero-order valence-electron chi connectivity index (χ0n) is 14.7. The Bertz CT molecular complexity index is 811. The number of carbonyl (C=O) groups excluding carboxylic acids is 2. The van der Waals surface area contributed by atoms with E-state index in [0.717, 1.165) is 37.2 Å². The predicted octanol–water partition coefficient (Wildman–Crippen LogP) is 0.902. The van der Waals surface area contributed by atoms with Crippen molar-refractivity contribution < 1.29 is 9.59 Å². The van der Waals surface area contributed by atoms with Crippen LogP contribution in [0.15, 0.2) is 6.20 Å². The first-order chi connectivity index (χ1) is 12.7. The summed E-state index contributed by atoms with van der Waals surface area (Å²) in [7, 11) is 0. The average Bonchev–Trinajstić information content (AvgIpc) is 3.30. The number of amides is 2. The lowest BCUT2D eigenvalue weighted by Crippen LogP contribution is -2.50. The van der Waals surface area contributed by atoms with Crippen LogP contribution in [-0.2, 0) is 17.8 Å². The van der Waals surface area contributed by atoms with Crippen LogP contribution in [0.3, 0.4) is 0 Å². The normalized spacial score (nSPS) is 17.8. The predicted molar refractivity (Wildman–Crippen MR) is 93.5 cm³/mol. The molecule has 9 nitrogen and oxygen atoms in total. The Kier molecular flexibility index (Phi) is 4.66. The largest absolute Gasteiger partial charge is 0.337 e. The first kappa shape index (κ1) is 17.1. The van der Waals surface area contributed by atoms with Crippen molar-refractivity contribution in [1.29, 1.82) is 0 Å². The van der Waals surface area contributed by atoms with Gasteiger partial charge in [0.15, 0.2) is 0 Å². The van der Waals surface area contributed by atoms with Crippen molar-refractivity contribution in [3.8, 4) is 0 Å². The highest BCUT2D eigenvalue weighted by molar-refractivity contribution is 7.08. The molecule has 0 N–H and O–H groups in total. The molecule has 0 atom stereocenters. The second kappa shape index (κ2) is 7.10. The van der Waals surface area contributed by atoms with E-state index in [9.17, 15) is 9.59 Å². The summed E-state index contributed by atoms with van der Waals surface area (Å²) in [4.78, 5) is 28.6. The summed E-state index contributed by atoms with van der Waals surface area (Å²) in [5.41, 5.74) is 1.59. The summed E-state index contributed by atoms with van der Waals surface area (Å²) in [6.45, 7) is 4.58. The molecule has 2 amide bonds. The number of carbonyl (C=O) groups is 2. The van der Waals surface area contributed by atoms with Crippen LogP contribution in [0, 0.1) is 0 Å². The SMILES string of the molecule is CCCc1nnsc1C(=O)N1CC(n2cc(CN3CCCC3=O)nn2)C1. The quantitative estimate of drug-likeness (QED) is 0.744. The van der Waals surface area contributed by atoms with Crippen molar-refractivity contribution in [3.63, 3.8) is 0 Å². The van der Waals surface area contributed by atoms with Gasteiger partial charge in [0.05, 0.1) is 24.5 Å². The molecular weight excluding hydrogens is 354 g/mol. The van der Waals surface area contributed by atoms with E-state index in [0.29, 0.717) is 30.9 Å². The molecule has 0 saturated carbocycles. The highest BCUT2D eigenvalue weighted by atomic mass is 32.1. The zero-order chi connectivity index (χ0) is 18.1. The van der Waals surface area contributed by atoms with Gasteiger partial charge in [-0.3, -0.25) is 9.59 Å². The third-order valence-corrected chi connectivity index (χ3v) is 5.60. The van der Waals surface area contributed by atoms with Gasteiger partial charge in [-0.2, -0.15) is 0 Å². The number of nitrogens with zero attached hydrogens (tertiary/aromatic N) is 7. The molecule has 0 unspecified atom stereocenters. The van der Waals surface area contributed by atoms with Gasteiger partial charge in [0, 0.05) is 26.1 Å². The highest BCUT2D eigenvalue weighted by Gasteiger charge is 2.35. The van der Waals surface area contributed by atoms with E-state index in [1.807, 2.05) is 11.1 Å². The van der Waals surface area contributed by atoms with E-state index in [1.54, 1.807) is 9.58 Å². The van der Waals surface area contributed by atoms with E-state index >= 15 is 0 Å². The lowest BCUT2D eigenvalue weighted by atomic mass is 10.1. The number of hydrogen-bond acceptors (Lipinski definition) is 7. The van der Waals surface area contributed by atoms with Crippen molar-refractivity contribution >= 4 is 23.3 Å². The van der Waals surface area contributed by atoms with E-state index in [4.69, 9.17) is 0 Å². The van der Waals surface area contributed by atoms with Crippen LogP contribution in [-0.4, -0.2) is 65.8 Å². The van der Waals surface area contributed by atoms with E-state index in [1.165, 1.54) is 11.5 Å². The minimum Gasteiger partial charge on any atom is -0.337 e. The first-order valence-corrected chi connectivity index (χ1v) is 9.72. The molecule has 0 aromatic carbocycles. The molecule has 26 heavy (non-hydrogen) atoms. The smallest absolute Gasteiger partial charge is 0.267 e. The van der Waals surface area contributed by atoms with Gasteiger partial charge < -0.3 is 9.80 Å². The average molecular weight is 375 g/mol. The van der Waals surface area contributed by atoms with Crippen LogP contribution in [0.25, 0.3) is 0 Å². The van der Waals surface area contributed by atoms with Gasteiger partial charge in [0.1, 0.15) is 10.6 Å². The molecule has 0 radical (unpaired) electrons. The molecule has 10 heteroatoms. The molecule has 2 saturated heterocycles. The third-order valence-electron chi connectivity index (χ3n) is 4.84. The Morgan fingerprint density at radius 2 is 2.19 bits per heavy atom. The van der Waals surface area contributed by atoms with Gasteiger partial charge in [0.2, 0.25) is 5.91 Å². The maximum Gasteiger partial charge on any atom is 0.267 e. The first-order valence-electron chi connectivity index (χ1n) is 8.94. The number of rotatable bonds is 6. The Hall–Kier alpha value is -2.36. The molecule has 2 aliphatic heterocycles. The Balaban J connectivity index is 1.34. The van der Waals surface area contributed by atoms with Crippen molar-refractivity contribution in [2.45, 2.75) is 45.2 Å². The lowest BCUT2D eigenvalue weighted by molar-refractivity contribution is -0.128. The van der Waals surface area contributed by atoms with Gasteiger partial charge in [-0.25, -0.2) is 4.68 Å². The molecular formula is C16H21N7O2S. The number of likely N-dealkylation sites (tertiary alicyclic amines) is 2. The van der Waals surface area contributed by atoms with E-state index in [2.05, 4.69) is 26.8 Å². The molecule has 4 rings (SSSR count). The molecule has 2 aromatic heterocycles. The Morgan fingerprint density at radius 1 is 1.35 bits per heavy atom.